The van der Waals surface area contributed by atoms with Crippen LogP contribution < -0.4 is 5.32 Å². The Morgan fingerprint density at radius 3 is 2.64 bits per heavy atom. The molecule has 0 aliphatic rings. The lowest BCUT2D eigenvalue weighted by atomic mass is 9.92. The lowest BCUT2D eigenvalue weighted by Gasteiger charge is -2.17. The largest absolute Gasteiger partial charge is 0.311 e. The number of aromatic nitrogens is 2. The van der Waals surface area contributed by atoms with Gasteiger partial charge in [-0.1, -0.05) is 20.8 Å². The van der Waals surface area contributed by atoms with Crippen LogP contribution >= 0.6 is 0 Å². The number of hydrogen-bond acceptors (Lipinski definition) is 2. The van der Waals surface area contributed by atoms with Crippen molar-refractivity contribution in [2.75, 3.05) is 6.54 Å². The highest BCUT2D eigenvalue weighted by Gasteiger charge is 2.08. The van der Waals surface area contributed by atoms with E-state index in [1.54, 1.807) is 0 Å². The van der Waals surface area contributed by atoms with E-state index >= 15 is 0 Å². The Kier molecular flexibility index (Phi) is 3.69. The SMILES string of the molecule is Cn1ccc(CNCCC(C)(C)C)n1. The van der Waals surface area contributed by atoms with E-state index in [2.05, 4.69) is 31.2 Å². The summed E-state index contributed by atoms with van der Waals surface area (Å²) in [7, 11) is 1.94. The zero-order valence-electron chi connectivity index (χ0n) is 9.67. The second-order valence-electron chi connectivity index (χ2n) is 4.97. The minimum Gasteiger partial charge on any atom is -0.311 e. The Labute approximate surface area is 86.5 Å². The molecule has 0 saturated carbocycles. The summed E-state index contributed by atoms with van der Waals surface area (Å²) in [4.78, 5) is 0. The minimum absolute atomic E-state index is 0.414. The lowest BCUT2D eigenvalue weighted by molar-refractivity contribution is 0.366. The molecule has 0 aliphatic heterocycles. The molecule has 1 N–H and O–H groups in total. The third kappa shape index (κ3) is 4.42. The van der Waals surface area contributed by atoms with Crippen molar-refractivity contribution < 1.29 is 0 Å². The monoisotopic (exact) mass is 195 g/mol. The van der Waals surface area contributed by atoms with Crippen molar-refractivity contribution in [3.8, 4) is 0 Å². The fourth-order valence-corrected chi connectivity index (χ4v) is 1.24. The first kappa shape index (κ1) is 11.2. The van der Waals surface area contributed by atoms with Crippen LogP contribution in [-0.2, 0) is 13.6 Å². The van der Waals surface area contributed by atoms with E-state index in [1.807, 2.05) is 24.0 Å². The van der Waals surface area contributed by atoms with E-state index < -0.39 is 0 Å². The van der Waals surface area contributed by atoms with E-state index in [9.17, 15) is 0 Å². The molecule has 0 fully saturated rings. The van der Waals surface area contributed by atoms with E-state index in [0.29, 0.717) is 5.41 Å². The van der Waals surface area contributed by atoms with Crippen molar-refractivity contribution in [1.29, 1.82) is 0 Å². The van der Waals surface area contributed by atoms with Gasteiger partial charge in [0.05, 0.1) is 5.69 Å². The van der Waals surface area contributed by atoms with E-state index in [4.69, 9.17) is 0 Å². The molecule has 0 bridgehead atoms. The molecule has 3 heteroatoms. The summed E-state index contributed by atoms with van der Waals surface area (Å²) in [5, 5.41) is 7.69. The molecule has 0 spiro atoms. The molecule has 0 aromatic carbocycles. The molecule has 0 atom stereocenters. The van der Waals surface area contributed by atoms with Crippen molar-refractivity contribution in [3.63, 3.8) is 0 Å². The predicted molar refractivity (Wildman–Crippen MR) is 59.0 cm³/mol. The third-order valence-corrected chi connectivity index (χ3v) is 2.13. The fourth-order valence-electron chi connectivity index (χ4n) is 1.24. The van der Waals surface area contributed by atoms with Crippen LogP contribution in [0.2, 0.25) is 0 Å². The average Bonchev–Trinajstić information content (AvgIpc) is 2.44. The number of hydrogen-bond donors (Lipinski definition) is 1. The van der Waals surface area contributed by atoms with Gasteiger partial charge in [-0.3, -0.25) is 4.68 Å². The van der Waals surface area contributed by atoms with Crippen LogP contribution in [0.4, 0.5) is 0 Å². The summed E-state index contributed by atoms with van der Waals surface area (Å²) in [6.45, 7) is 8.71. The molecular formula is C11H21N3. The number of aryl methyl sites for hydroxylation is 1. The van der Waals surface area contributed by atoms with Gasteiger partial charge in [-0.15, -0.1) is 0 Å². The Bertz CT molecular complexity index is 270. The summed E-state index contributed by atoms with van der Waals surface area (Å²) < 4.78 is 1.83. The van der Waals surface area contributed by atoms with Crippen LogP contribution in [0.25, 0.3) is 0 Å². The molecule has 1 aromatic heterocycles. The van der Waals surface area contributed by atoms with Crippen LogP contribution in [0.3, 0.4) is 0 Å². The van der Waals surface area contributed by atoms with Gasteiger partial charge in [-0.05, 0) is 24.4 Å². The van der Waals surface area contributed by atoms with Crippen molar-refractivity contribution in [3.05, 3.63) is 18.0 Å². The Morgan fingerprint density at radius 2 is 2.14 bits per heavy atom. The zero-order valence-corrected chi connectivity index (χ0v) is 9.67. The van der Waals surface area contributed by atoms with Crippen molar-refractivity contribution in [2.24, 2.45) is 12.5 Å². The smallest absolute Gasteiger partial charge is 0.0762 e. The van der Waals surface area contributed by atoms with Gasteiger partial charge in [0.1, 0.15) is 0 Å². The van der Waals surface area contributed by atoms with Gasteiger partial charge in [0.2, 0.25) is 0 Å². The molecular weight excluding hydrogens is 174 g/mol. The van der Waals surface area contributed by atoms with Gasteiger partial charge in [0.15, 0.2) is 0 Å². The highest BCUT2D eigenvalue weighted by Crippen LogP contribution is 2.16. The molecule has 1 rings (SSSR count). The van der Waals surface area contributed by atoms with Gasteiger partial charge in [-0.25, -0.2) is 0 Å². The molecule has 0 saturated heterocycles. The highest BCUT2D eigenvalue weighted by molar-refractivity contribution is 4.97. The molecule has 80 valence electrons. The standard InChI is InChI=1S/C11H21N3/c1-11(2,3)6-7-12-9-10-5-8-14(4)13-10/h5,8,12H,6-7,9H2,1-4H3. The third-order valence-electron chi connectivity index (χ3n) is 2.13. The molecule has 3 nitrogen and oxygen atoms in total. The summed E-state index contributed by atoms with van der Waals surface area (Å²) >= 11 is 0. The van der Waals surface area contributed by atoms with E-state index in [1.165, 1.54) is 6.42 Å². The first-order valence-electron chi connectivity index (χ1n) is 5.17. The maximum Gasteiger partial charge on any atom is 0.0762 e. The van der Waals surface area contributed by atoms with Crippen molar-refractivity contribution in [1.82, 2.24) is 15.1 Å². The second-order valence-corrected chi connectivity index (χ2v) is 4.97. The summed E-state index contributed by atoms with van der Waals surface area (Å²) in [5.74, 6) is 0. The van der Waals surface area contributed by atoms with Gasteiger partial charge in [0, 0.05) is 19.8 Å². The normalized spacial score (nSPS) is 12.0. The van der Waals surface area contributed by atoms with Crippen LogP contribution in [0.1, 0.15) is 32.9 Å². The molecule has 14 heavy (non-hydrogen) atoms. The zero-order chi connectivity index (χ0) is 10.6. The average molecular weight is 195 g/mol. The van der Waals surface area contributed by atoms with Crippen LogP contribution in [0.15, 0.2) is 12.3 Å². The maximum atomic E-state index is 4.30. The molecule has 1 heterocycles. The van der Waals surface area contributed by atoms with Gasteiger partial charge in [0.25, 0.3) is 0 Å². The minimum atomic E-state index is 0.414. The molecule has 0 aliphatic carbocycles. The summed E-state index contributed by atoms with van der Waals surface area (Å²) in [5.41, 5.74) is 1.53. The Hall–Kier alpha value is -0.830. The first-order valence-corrected chi connectivity index (χ1v) is 5.17. The Balaban J connectivity index is 2.16. The topological polar surface area (TPSA) is 29.9 Å². The Morgan fingerprint density at radius 1 is 1.43 bits per heavy atom. The number of rotatable bonds is 4. The molecule has 0 radical (unpaired) electrons. The second kappa shape index (κ2) is 4.60. The quantitative estimate of drug-likeness (QED) is 0.744. The summed E-state index contributed by atoms with van der Waals surface area (Å²) in [6.07, 6.45) is 3.17. The molecule has 1 aromatic rings. The lowest BCUT2D eigenvalue weighted by Crippen LogP contribution is -2.20. The van der Waals surface area contributed by atoms with Crippen molar-refractivity contribution in [2.45, 2.75) is 33.7 Å². The first-order chi connectivity index (χ1) is 6.47. The fraction of sp³-hybridized carbons (Fsp3) is 0.727. The highest BCUT2D eigenvalue weighted by atomic mass is 15.3. The van der Waals surface area contributed by atoms with E-state index in [0.717, 1.165) is 18.8 Å². The van der Waals surface area contributed by atoms with Gasteiger partial charge >= 0.3 is 0 Å². The van der Waals surface area contributed by atoms with Crippen molar-refractivity contribution >= 4 is 0 Å². The van der Waals surface area contributed by atoms with Crippen LogP contribution in [-0.4, -0.2) is 16.3 Å². The number of nitrogens with one attached hydrogen (secondary N) is 1. The van der Waals surface area contributed by atoms with E-state index in [-0.39, 0.29) is 0 Å². The van der Waals surface area contributed by atoms with Gasteiger partial charge in [-0.2, -0.15) is 5.10 Å². The van der Waals surface area contributed by atoms with Gasteiger partial charge < -0.3 is 5.32 Å². The van der Waals surface area contributed by atoms with Crippen LogP contribution in [0, 0.1) is 5.41 Å². The number of nitrogens with zero attached hydrogens (tertiary/aromatic N) is 2. The molecule has 0 amide bonds. The molecule has 0 unspecified atom stereocenters. The maximum absolute atomic E-state index is 4.30. The van der Waals surface area contributed by atoms with Crippen LogP contribution in [0.5, 0.6) is 0 Å². The summed E-state index contributed by atoms with van der Waals surface area (Å²) in [6, 6.07) is 2.05. The predicted octanol–water partition coefficient (Wildman–Crippen LogP) is 1.95.